The largest absolute Gasteiger partial charge is 0.480 e. The number of amides is 5. The van der Waals surface area contributed by atoms with Crippen LogP contribution in [0.4, 0.5) is 0 Å². The van der Waals surface area contributed by atoms with Crippen molar-refractivity contribution in [3.63, 3.8) is 0 Å². The molecule has 0 aliphatic carbocycles. The first kappa shape index (κ1) is 28.8. The number of carbonyl (C=O) groups excluding carboxylic acids is 5. The Morgan fingerprint density at radius 1 is 0.882 bits per heavy atom. The Morgan fingerprint density at radius 2 is 1.53 bits per heavy atom. The van der Waals surface area contributed by atoms with Crippen molar-refractivity contribution in [2.75, 3.05) is 13.1 Å². The Hall–Kier alpha value is -3.26. The van der Waals surface area contributed by atoms with E-state index in [0.29, 0.717) is 32.4 Å². The van der Waals surface area contributed by atoms with Crippen molar-refractivity contribution >= 4 is 35.5 Å². The number of primary amides is 2. The Kier molecular flexibility index (Phi) is 12.5. The maximum absolute atomic E-state index is 12.9. The lowest BCUT2D eigenvalue weighted by atomic mass is 10.1. The molecule has 0 aromatic heterocycles. The molecular formula is C20H35N7O7. The van der Waals surface area contributed by atoms with Crippen LogP contribution in [0.2, 0.25) is 0 Å². The average molecular weight is 486 g/mol. The maximum atomic E-state index is 12.9. The Balaban J connectivity index is 2.91. The molecule has 11 N–H and O–H groups in total. The third kappa shape index (κ3) is 10.6. The molecule has 14 nitrogen and oxygen atoms in total. The standard InChI is InChI=1S/C20H35N7O7/c21-8-2-1-4-13(20(33)34)26-19(32)14(10-16(23)29)27-18(31)12(6-7-15(22)28)25-17(30)11-5-3-9-24-11/h11-14,24H,1-10,21H2,(H2,22,28)(H2,23,29)(H,25,30)(H,26,32)(H,27,31)(H,33,34). The van der Waals surface area contributed by atoms with Gasteiger partial charge in [0, 0.05) is 6.42 Å². The van der Waals surface area contributed by atoms with Gasteiger partial charge in [0.15, 0.2) is 0 Å². The normalized spacial score (nSPS) is 17.7. The average Bonchev–Trinajstić information content (AvgIpc) is 3.29. The molecule has 1 saturated heterocycles. The summed E-state index contributed by atoms with van der Waals surface area (Å²) in [4.78, 5) is 72.2. The van der Waals surface area contributed by atoms with E-state index in [1.807, 2.05) is 0 Å². The number of nitrogens with two attached hydrogens (primary N) is 3. The molecule has 4 unspecified atom stereocenters. The third-order valence-corrected chi connectivity index (χ3v) is 5.29. The topological polar surface area (TPSA) is 249 Å². The minimum absolute atomic E-state index is 0.0984. The highest BCUT2D eigenvalue weighted by Crippen LogP contribution is 2.08. The molecule has 0 bridgehead atoms. The molecule has 5 amide bonds. The van der Waals surface area contributed by atoms with E-state index in [1.165, 1.54) is 0 Å². The quantitative estimate of drug-likeness (QED) is 0.101. The van der Waals surface area contributed by atoms with Crippen LogP contribution in [-0.4, -0.2) is 77.9 Å². The first-order valence-corrected chi connectivity index (χ1v) is 11.2. The highest BCUT2D eigenvalue weighted by atomic mass is 16.4. The highest BCUT2D eigenvalue weighted by molar-refractivity contribution is 5.96. The molecule has 0 aromatic carbocycles. The van der Waals surface area contributed by atoms with Crippen LogP contribution in [0.25, 0.3) is 0 Å². The first-order chi connectivity index (χ1) is 16.0. The van der Waals surface area contributed by atoms with Crippen LogP contribution in [0.3, 0.4) is 0 Å². The molecule has 1 aliphatic rings. The van der Waals surface area contributed by atoms with Crippen molar-refractivity contribution in [1.82, 2.24) is 21.3 Å². The number of rotatable bonds is 16. The summed E-state index contributed by atoms with van der Waals surface area (Å²) in [5.41, 5.74) is 15.8. The molecule has 34 heavy (non-hydrogen) atoms. The molecule has 14 heteroatoms. The van der Waals surface area contributed by atoms with Gasteiger partial charge in [-0.1, -0.05) is 0 Å². The lowest BCUT2D eigenvalue weighted by Gasteiger charge is -2.24. The van der Waals surface area contributed by atoms with Crippen molar-refractivity contribution < 1.29 is 33.9 Å². The van der Waals surface area contributed by atoms with E-state index in [0.717, 1.165) is 6.42 Å². The van der Waals surface area contributed by atoms with E-state index in [-0.39, 0.29) is 19.3 Å². The zero-order valence-electron chi connectivity index (χ0n) is 19.0. The van der Waals surface area contributed by atoms with E-state index in [2.05, 4.69) is 21.3 Å². The Morgan fingerprint density at radius 3 is 2.06 bits per heavy atom. The fourth-order valence-corrected chi connectivity index (χ4v) is 3.44. The van der Waals surface area contributed by atoms with Crippen LogP contribution in [-0.2, 0) is 28.8 Å². The zero-order chi connectivity index (χ0) is 25.7. The second-order valence-electron chi connectivity index (χ2n) is 8.13. The zero-order valence-corrected chi connectivity index (χ0v) is 19.0. The molecule has 0 saturated carbocycles. The molecule has 1 fully saturated rings. The summed E-state index contributed by atoms with van der Waals surface area (Å²) in [5, 5.41) is 19.5. The minimum Gasteiger partial charge on any atom is -0.480 e. The van der Waals surface area contributed by atoms with Crippen LogP contribution in [0.5, 0.6) is 0 Å². The molecule has 1 rings (SSSR count). The maximum Gasteiger partial charge on any atom is 0.326 e. The number of hydrogen-bond donors (Lipinski definition) is 8. The monoisotopic (exact) mass is 485 g/mol. The molecule has 0 radical (unpaired) electrons. The summed E-state index contributed by atoms with van der Waals surface area (Å²) >= 11 is 0. The van der Waals surface area contributed by atoms with Crippen LogP contribution in [0.1, 0.15) is 51.4 Å². The van der Waals surface area contributed by atoms with Crippen LogP contribution in [0.15, 0.2) is 0 Å². The lowest BCUT2D eigenvalue weighted by Crippen LogP contribution is -2.57. The van der Waals surface area contributed by atoms with Crippen molar-refractivity contribution in [3.8, 4) is 0 Å². The fraction of sp³-hybridized carbons (Fsp3) is 0.700. The van der Waals surface area contributed by atoms with Gasteiger partial charge in [-0.2, -0.15) is 0 Å². The minimum atomic E-state index is -1.49. The predicted octanol–water partition coefficient (Wildman–Crippen LogP) is -3.45. The molecule has 1 heterocycles. The van der Waals surface area contributed by atoms with Gasteiger partial charge >= 0.3 is 5.97 Å². The van der Waals surface area contributed by atoms with Gasteiger partial charge in [-0.3, -0.25) is 24.0 Å². The fourth-order valence-electron chi connectivity index (χ4n) is 3.44. The first-order valence-electron chi connectivity index (χ1n) is 11.2. The number of hydrogen-bond acceptors (Lipinski definition) is 8. The lowest BCUT2D eigenvalue weighted by molar-refractivity contribution is -0.142. The summed E-state index contributed by atoms with van der Waals surface area (Å²) in [7, 11) is 0. The molecular weight excluding hydrogens is 450 g/mol. The summed E-state index contributed by atoms with van der Waals surface area (Å²) in [6, 6.07) is -4.46. The van der Waals surface area contributed by atoms with E-state index < -0.39 is 66.1 Å². The number of nitrogens with one attached hydrogen (secondary N) is 4. The second-order valence-corrected chi connectivity index (χ2v) is 8.13. The summed E-state index contributed by atoms with van der Waals surface area (Å²) in [6.07, 6.45) is 1.49. The van der Waals surface area contributed by atoms with Gasteiger partial charge in [0.1, 0.15) is 18.1 Å². The summed E-state index contributed by atoms with van der Waals surface area (Å²) in [5.74, 6) is -5.12. The molecule has 4 atom stereocenters. The van der Waals surface area contributed by atoms with Crippen LogP contribution < -0.4 is 38.5 Å². The van der Waals surface area contributed by atoms with E-state index in [1.54, 1.807) is 0 Å². The smallest absolute Gasteiger partial charge is 0.326 e. The summed E-state index contributed by atoms with van der Waals surface area (Å²) < 4.78 is 0. The van der Waals surface area contributed by atoms with Gasteiger partial charge in [-0.05, 0) is 51.6 Å². The van der Waals surface area contributed by atoms with Gasteiger partial charge in [0.2, 0.25) is 29.5 Å². The summed E-state index contributed by atoms with van der Waals surface area (Å²) in [6.45, 7) is 1.00. The predicted molar refractivity (Wildman–Crippen MR) is 120 cm³/mol. The highest BCUT2D eigenvalue weighted by Gasteiger charge is 2.32. The van der Waals surface area contributed by atoms with E-state index in [9.17, 15) is 33.9 Å². The van der Waals surface area contributed by atoms with E-state index >= 15 is 0 Å². The van der Waals surface area contributed by atoms with Gasteiger partial charge in [0.05, 0.1) is 12.5 Å². The number of carbonyl (C=O) groups is 6. The number of carboxylic acid groups (broad SMARTS) is 1. The third-order valence-electron chi connectivity index (χ3n) is 5.29. The number of aliphatic carboxylic acids is 1. The van der Waals surface area contributed by atoms with E-state index in [4.69, 9.17) is 17.2 Å². The van der Waals surface area contributed by atoms with Gasteiger partial charge in [-0.25, -0.2) is 4.79 Å². The van der Waals surface area contributed by atoms with Gasteiger partial charge in [0.25, 0.3) is 0 Å². The molecule has 0 spiro atoms. The van der Waals surface area contributed by atoms with Crippen molar-refractivity contribution in [2.45, 2.75) is 75.5 Å². The van der Waals surface area contributed by atoms with Crippen LogP contribution in [0, 0.1) is 0 Å². The molecule has 1 aliphatic heterocycles. The number of carboxylic acids is 1. The van der Waals surface area contributed by atoms with Gasteiger partial charge < -0.3 is 43.6 Å². The Bertz CT molecular complexity index is 756. The SMILES string of the molecule is NCCCCC(NC(=O)C(CC(N)=O)NC(=O)C(CCC(N)=O)NC(=O)C1CCCN1)C(=O)O. The second kappa shape index (κ2) is 14.8. The number of unbranched alkanes of at least 4 members (excludes halogenated alkanes) is 1. The molecule has 0 aromatic rings. The van der Waals surface area contributed by atoms with Crippen molar-refractivity contribution in [2.24, 2.45) is 17.2 Å². The van der Waals surface area contributed by atoms with Crippen molar-refractivity contribution in [1.29, 1.82) is 0 Å². The van der Waals surface area contributed by atoms with Crippen molar-refractivity contribution in [3.05, 3.63) is 0 Å². The van der Waals surface area contributed by atoms with Gasteiger partial charge in [-0.15, -0.1) is 0 Å². The molecule has 192 valence electrons. The van der Waals surface area contributed by atoms with Crippen LogP contribution >= 0.6 is 0 Å². The Labute approximate surface area is 197 Å².